The first-order chi connectivity index (χ1) is 6.81. The van der Waals surface area contributed by atoms with Crippen LogP contribution in [0.3, 0.4) is 0 Å². The zero-order valence-electron chi connectivity index (χ0n) is 8.56. The molecular weight excluding hydrogens is 178 g/mol. The van der Waals surface area contributed by atoms with E-state index in [9.17, 15) is 0 Å². The molecule has 1 N–H and O–H groups in total. The Bertz CT molecular complexity index is 297. The van der Waals surface area contributed by atoms with Crippen molar-refractivity contribution in [2.24, 2.45) is 0 Å². The molecule has 0 bridgehead atoms. The predicted molar refractivity (Wildman–Crippen MR) is 53.9 cm³/mol. The number of nitrogens with zero attached hydrogens (tertiary/aromatic N) is 3. The third-order valence-electron chi connectivity index (χ3n) is 2.84. The van der Waals surface area contributed by atoms with Crippen molar-refractivity contribution in [1.82, 2.24) is 14.7 Å². The summed E-state index contributed by atoms with van der Waals surface area (Å²) in [6.07, 6.45) is 7.44. The van der Waals surface area contributed by atoms with Crippen LogP contribution in [0.5, 0.6) is 0 Å². The van der Waals surface area contributed by atoms with Crippen LogP contribution in [-0.4, -0.2) is 40.0 Å². The summed E-state index contributed by atoms with van der Waals surface area (Å²) in [6.45, 7) is 1.35. The van der Waals surface area contributed by atoms with Crippen molar-refractivity contribution in [3.8, 4) is 0 Å². The SMILES string of the molecule is CN1CCCC1n1cc(CCO)cn1. The van der Waals surface area contributed by atoms with Gasteiger partial charge in [-0.25, -0.2) is 0 Å². The van der Waals surface area contributed by atoms with Crippen LogP contribution in [0.15, 0.2) is 12.4 Å². The molecule has 4 nitrogen and oxygen atoms in total. The summed E-state index contributed by atoms with van der Waals surface area (Å²) in [5.74, 6) is 0. The Balaban J connectivity index is 2.08. The van der Waals surface area contributed by atoms with E-state index >= 15 is 0 Å². The molecule has 1 aromatic heterocycles. The maximum atomic E-state index is 8.80. The third-order valence-corrected chi connectivity index (χ3v) is 2.84. The standard InChI is InChI=1S/C10H17N3O/c1-12-5-2-3-10(12)13-8-9(4-6-14)7-11-13/h7-8,10,14H,2-6H2,1H3. The molecule has 2 rings (SSSR count). The van der Waals surface area contributed by atoms with Gasteiger partial charge >= 0.3 is 0 Å². The summed E-state index contributed by atoms with van der Waals surface area (Å²) in [7, 11) is 2.13. The second-order valence-corrected chi connectivity index (χ2v) is 3.91. The molecule has 0 aliphatic carbocycles. The van der Waals surface area contributed by atoms with E-state index in [0.717, 1.165) is 12.1 Å². The topological polar surface area (TPSA) is 41.3 Å². The molecule has 0 amide bonds. The van der Waals surface area contributed by atoms with Gasteiger partial charge in [-0.05, 0) is 38.4 Å². The highest BCUT2D eigenvalue weighted by atomic mass is 16.2. The molecule has 1 atom stereocenters. The van der Waals surface area contributed by atoms with Gasteiger partial charge in [0.1, 0.15) is 6.17 Å². The molecule has 4 heteroatoms. The molecule has 1 aliphatic rings. The maximum Gasteiger partial charge on any atom is 0.104 e. The van der Waals surface area contributed by atoms with Gasteiger partial charge in [-0.2, -0.15) is 5.10 Å². The molecule has 78 valence electrons. The summed E-state index contributed by atoms with van der Waals surface area (Å²) in [5, 5.41) is 13.1. The van der Waals surface area contributed by atoms with Crippen LogP contribution in [-0.2, 0) is 6.42 Å². The van der Waals surface area contributed by atoms with E-state index in [-0.39, 0.29) is 6.61 Å². The number of hydrogen-bond donors (Lipinski definition) is 1. The highest BCUT2D eigenvalue weighted by molar-refractivity contribution is 5.04. The van der Waals surface area contributed by atoms with Crippen molar-refractivity contribution in [2.45, 2.75) is 25.4 Å². The summed E-state index contributed by atoms with van der Waals surface area (Å²) >= 11 is 0. The van der Waals surface area contributed by atoms with Crippen molar-refractivity contribution < 1.29 is 5.11 Å². The number of likely N-dealkylation sites (tertiary alicyclic amines) is 1. The molecule has 1 unspecified atom stereocenters. The first-order valence-corrected chi connectivity index (χ1v) is 5.15. The van der Waals surface area contributed by atoms with Crippen LogP contribution in [0.1, 0.15) is 24.6 Å². The average molecular weight is 195 g/mol. The van der Waals surface area contributed by atoms with Gasteiger partial charge in [0.15, 0.2) is 0 Å². The van der Waals surface area contributed by atoms with Crippen LogP contribution in [0.25, 0.3) is 0 Å². The predicted octanol–water partition coefficient (Wildman–Crippen LogP) is 0.642. The Morgan fingerprint density at radius 1 is 1.64 bits per heavy atom. The van der Waals surface area contributed by atoms with Crippen LogP contribution < -0.4 is 0 Å². The molecular formula is C10H17N3O. The molecule has 0 aromatic carbocycles. The lowest BCUT2D eigenvalue weighted by Crippen LogP contribution is -2.23. The average Bonchev–Trinajstić information content (AvgIpc) is 2.74. The summed E-state index contributed by atoms with van der Waals surface area (Å²) in [4.78, 5) is 2.32. The maximum absolute atomic E-state index is 8.80. The van der Waals surface area contributed by atoms with Crippen molar-refractivity contribution in [2.75, 3.05) is 20.2 Å². The zero-order chi connectivity index (χ0) is 9.97. The largest absolute Gasteiger partial charge is 0.396 e. The monoisotopic (exact) mass is 195 g/mol. The van der Waals surface area contributed by atoms with Gasteiger partial charge in [0.05, 0.1) is 6.20 Å². The lowest BCUT2D eigenvalue weighted by atomic mass is 10.3. The number of aliphatic hydroxyl groups excluding tert-OH is 1. The fourth-order valence-electron chi connectivity index (χ4n) is 2.03. The van der Waals surface area contributed by atoms with Crippen molar-refractivity contribution in [1.29, 1.82) is 0 Å². The quantitative estimate of drug-likeness (QED) is 0.769. The molecule has 0 spiro atoms. The van der Waals surface area contributed by atoms with E-state index in [2.05, 4.69) is 17.0 Å². The zero-order valence-corrected chi connectivity index (χ0v) is 8.56. The van der Waals surface area contributed by atoms with Gasteiger partial charge in [-0.15, -0.1) is 0 Å². The number of hydrogen-bond acceptors (Lipinski definition) is 3. The molecule has 14 heavy (non-hydrogen) atoms. The third kappa shape index (κ3) is 1.81. The first kappa shape index (κ1) is 9.68. The summed E-state index contributed by atoms with van der Waals surface area (Å²) in [6, 6.07) is 0. The van der Waals surface area contributed by atoms with E-state index < -0.39 is 0 Å². The molecule has 1 aromatic rings. The fourth-order valence-corrected chi connectivity index (χ4v) is 2.03. The molecule has 1 aliphatic heterocycles. The van der Waals surface area contributed by atoms with E-state index in [1.54, 1.807) is 0 Å². The molecule has 0 saturated carbocycles. The summed E-state index contributed by atoms with van der Waals surface area (Å²) in [5.41, 5.74) is 1.12. The summed E-state index contributed by atoms with van der Waals surface area (Å²) < 4.78 is 2.01. The van der Waals surface area contributed by atoms with Crippen LogP contribution in [0, 0.1) is 0 Å². The van der Waals surface area contributed by atoms with Crippen LogP contribution >= 0.6 is 0 Å². The van der Waals surface area contributed by atoms with Crippen LogP contribution in [0.4, 0.5) is 0 Å². The Kier molecular flexibility index (Phi) is 2.84. The minimum Gasteiger partial charge on any atom is -0.396 e. The highest BCUT2D eigenvalue weighted by Gasteiger charge is 2.22. The van der Waals surface area contributed by atoms with Gasteiger partial charge in [0, 0.05) is 12.8 Å². The lowest BCUT2D eigenvalue weighted by molar-refractivity contribution is 0.220. The number of rotatable bonds is 3. The second kappa shape index (κ2) is 4.11. The van der Waals surface area contributed by atoms with Gasteiger partial charge in [-0.1, -0.05) is 0 Å². The number of aromatic nitrogens is 2. The van der Waals surface area contributed by atoms with Crippen LogP contribution in [0.2, 0.25) is 0 Å². The Morgan fingerprint density at radius 2 is 2.50 bits per heavy atom. The molecule has 1 fully saturated rings. The lowest BCUT2D eigenvalue weighted by Gasteiger charge is -2.19. The first-order valence-electron chi connectivity index (χ1n) is 5.15. The minimum absolute atomic E-state index is 0.201. The van der Waals surface area contributed by atoms with Gasteiger partial charge < -0.3 is 5.11 Å². The Hall–Kier alpha value is -0.870. The van der Waals surface area contributed by atoms with E-state index in [1.807, 2.05) is 17.1 Å². The highest BCUT2D eigenvalue weighted by Crippen LogP contribution is 2.24. The Labute approximate surface area is 84.1 Å². The van der Waals surface area contributed by atoms with E-state index in [1.165, 1.54) is 12.8 Å². The fraction of sp³-hybridized carbons (Fsp3) is 0.700. The van der Waals surface area contributed by atoms with E-state index in [0.29, 0.717) is 12.6 Å². The number of aliphatic hydroxyl groups is 1. The Morgan fingerprint density at radius 3 is 3.14 bits per heavy atom. The molecule has 0 radical (unpaired) electrons. The van der Waals surface area contributed by atoms with Gasteiger partial charge in [-0.3, -0.25) is 9.58 Å². The molecule has 2 heterocycles. The van der Waals surface area contributed by atoms with Crippen molar-refractivity contribution in [3.63, 3.8) is 0 Å². The second-order valence-electron chi connectivity index (χ2n) is 3.91. The normalized spacial score (nSPS) is 23.1. The van der Waals surface area contributed by atoms with Gasteiger partial charge in [0.25, 0.3) is 0 Å². The smallest absolute Gasteiger partial charge is 0.104 e. The molecule has 1 saturated heterocycles. The van der Waals surface area contributed by atoms with Gasteiger partial charge in [0.2, 0.25) is 0 Å². The minimum atomic E-state index is 0.201. The van der Waals surface area contributed by atoms with Crippen molar-refractivity contribution in [3.05, 3.63) is 18.0 Å². The van der Waals surface area contributed by atoms with E-state index in [4.69, 9.17) is 5.11 Å². The van der Waals surface area contributed by atoms with Crippen molar-refractivity contribution >= 4 is 0 Å².